The van der Waals surface area contributed by atoms with Gasteiger partial charge in [-0.3, -0.25) is 18.5 Å². The van der Waals surface area contributed by atoms with Crippen molar-refractivity contribution in [2.45, 2.75) is 122 Å². The zero-order valence-corrected chi connectivity index (χ0v) is 39.6. The smallest absolute Gasteiger partial charge is 0.416 e. The Morgan fingerprint density at radius 1 is 0.609 bits per heavy atom. The van der Waals surface area contributed by atoms with E-state index in [1.165, 1.54) is 6.20 Å². The minimum absolute atomic E-state index is 0.0260. The zero-order valence-electron chi connectivity index (χ0n) is 38.8. The summed E-state index contributed by atoms with van der Waals surface area (Å²) in [4.78, 5) is 40.8. The highest BCUT2D eigenvalue weighted by atomic mass is 32.2. The van der Waals surface area contributed by atoms with Gasteiger partial charge in [0.05, 0.1) is 51.8 Å². The zero-order chi connectivity index (χ0) is 48.8. The summed E-state index contributed by atoms with van der Waals surface area (Å²) in [7, 11) is -4.94. The molecule has 2 aliphatic rings. The summed E-state index contributed by atoms with van der Waals surface area (Å²) in [5, 5.41) is 0. The van der Waals surface area contributed by atoms with Crippen LogP contribution >= 0.6 is 0 Å². The number of nitrogens with zero attached hydrogens (tertiary/aromatic N) is 1. The molecule has 19 heteroatoms. The second kappa shape index (κ2) is 24.8. The van der Waals surface area contributed by atoms with Gasteiger partial charge in [0, 0.05) is 12.3 Å². The maximum atomic E-state index is 13.8. The normalized spacial score (nSPS) is 23.8. The van der Waals surface area contributed by atoms with Crippen LogP contribution < -0.4 is 16.0 Å². The number of rotatable bonds is 23. The molecule has 0 spiro atoms. The van der Waals surface area contributed by atoms with Crippen LogP contribution in [0.15, 0.2) is 143 Å². The summed E-state index contributed by atoms with van der Waals surface area (Å²) in [5.41, 5.74) is 2.00. The first-order valence-electron chi connectivity index (χ1n) is 22.7. The number of hydrogen-bond acceptors (Lipinski definition) is 15. The predicted octanol–water partition coefficient (Wildman–Crippen LogP) is 5.71. The Bertz CT molecular complexity index is 2570. The first-order chi connectivity index (χ1) is 33.3. The van der Waals surface area contributed by atoms with Crippen LogP contribution in [0.25, 0.3) is 0 Å². The number of carbonyl (C=O) groups is 1. The average molecular weight is 974 g/mol. The van der Waals surface area contributed by atoms with Gasteiger partial charge in [-0.2, -0.15) is 13.1 Å². The molecule has 5 aromatic rings. The molecule has 0 bridgehead atoms. The molecule has 1 aromatic heterocycles. The highest BCUT2D eigenvalue weighted by Gasteiger charge is 2.51. The minimum Gasteiger partial charge on any atom is -0.416 e. The molecule has 2 saturated heterocycles. The van der Waals surface area contributed by atoms with Crippen LogP contribution in [-0.2, 0) is 83.5 Å². The lowest BCUT2D eigenvalue weighted by molar-refractivity contribution is -0.315. The maximum absolute atomic E-state index is 13.8. The van der Waals surface area contributed by atoms with E-state index in [-0.39, 0.29) is 39.1 Å². The van der Waals surface area contributed by atoms with Gasteiger partial charge in [-0.25, -0.2) is 9.59 Å². The number of aromatic amines is 1. The van der Waals surface area contributed by atoms with Crippen LogP contribution in [0, 0.1) is 0 Å². The average Bonchev–Trinajstić information content (AvgIpc) is 3.64. The van der Waals surface area contributed by atoms with Crippen LogP contribution in [0.1, 0.15) is 56.2 Å². The lowest BCUT2D eigenvalue weighted by Gasteiger charge is -2.45. The SMILES string of the molecule is CC(C)O[C@@H]1[C@H](OC(C)C)[C@@H](COS(=O)(=O)NC(=O)O[C@H]2O[C@H](COCc3ccccc3)[C@@H](OCc3ccccc3)[C@H](OCc3ccccc3)[C@H]2OCc2ccccc2)O[C@H]1n1ccc(=O)[nH]c1=O. The molecule has 0 radical (unpaired) electrons. The fourth-order valence-corrected chi connectivity index (χ4v) is 8.52. The van der Waals surface area contributed by atoms with E-state index in [1.807, 2.05) is 126 Å². The van der Waals surface area contributed by atoms with Crippen molar-refractivity contribution in [2.24, 2.45) is 0 Å². The topological polar surface area (TPSA) is 210 Å². The molecule has 4 aromatic carbocycles. The molecular weight excluding hydrogens is 915 g/mol. The van der Waals surface area contributed by atoms with Gasteiger partial charge in [-0.1, -0.05) is 121 Å². The second-order valence-corrected chi connectivity index (χ2v) is 18.3. The quantitative estimate of drug-likeness (QED) is 0.0804. The van der Waals surface area contributed by atoms with E-state index in [9.17, 15) is 22.8 Å². The molecule has 1 amide bonds. The van der Waals surface area contributed by atoms with Crippen LogP contribution in [0.3, 0.4) is 0 Å². The summed E-state index contributed by atoms with van der Waals surface area (Å²) in [6, 6.07) is 39.0. The first-order valence-corrected chi connectivity index (χ1v) is 24.1. The number of carbonyl (C=O) groups excluding carboxylic acids is 1. The molecule has 9 atom stereocenters. The van der Waals surface area contributed by atoms with Gasteiger partial charge < -0.3 is 42.6 Å². The van der Waals surface area contributed by atoms with E-state index in [2.05, 4.69) is 4.98 Å². The molecule has 2 fully saturated rings. The van der Waals surface area contributed by atoms with E-state index in [0.717, 1.165) is 32.9 Å². The largest absolute Gasteiger partial charge is 0.425 e. The van der Waals surface area contributed by atoms with Gasteiger partial charge in [0.1, 0.15) is 42.7 Å². The van der Waals surface area contributed by atoms with Crippen LogP contribution in [-0.4, -0.2) is 98.5 Å². The first kappa shape index (κ1) is 51.3. The van der Waals surface area contributed by atoms with E-state index < -0.39 is 95.6 Å². The Balaban J connectivity index is 1.13. The van der Waals surface area contributed by atoms with Crippen LogP contribution in [0.4, 0.5) is 4.79 Å². The molecule has 0 unspecified atom stereocenters. The number of nitrogens with one attached hydrogen (secondary N) is 2. The van der Waals surface area contributed by atoms with Gasteiger partial charge in [0.15, 0.2) is 6.23 Å². The number of ether oxygens (including phenoxy) is 9. The number of amides is 1. The summed E-state index contributed by atoms with van der Waals surface area (Å²) in [5.74, 6) is 0. The van der Waals surface area contributed by atoms with Crippen LogP contribution in [0.2, 0.25) is 0 Å². The summed E-state index contributed by atoms with van der Waals surface area (Å²) >= 11 is 0. The fourth-order valence-electron chi connectivity index (χ4n) is 7.89. The third-order valence-electron chi connectivity index (χ3n) is 10.9. The highest BCUT2D eigenvalue weighted by Crippen LogP contribution is 2.35. The van der Waals surface area contributed by atoms with E-state index in [4.69, 9.17) is 46.8 Å². The van der Waals surface area contributed by atoms with Crippen molar-refractivity contribution in [2.75, 3.05) is 13.2 Å². The van der Waals surface area contributed by atoms with Gasteiger partial charge >= 0.3 is 22.1 Å². The van der Waals surface area contributed by atoms with Gasteiger partial charge in [-0.05, 0) is 49.9 Å². The number of H-pyrrole nitrogens is 1. The lowest BCUT2D eigenvalue weighted by atomic mass is 9.97. The van der Waals surface area contributed by atoms with Crippen molar-refractivity contribution < 1.29 is 60.0 Å². The number of hydrogen-bond donors (Lipinski definition) is 2. The van der Waals surface area contributed by atoms with E-state index in [0.29, 0.717) is 0 Å². The third kappa shape index (κ3) is 15.0. The maximum Gasteiger partial charge on any atom is 0.425 e. The Hall–Kier alpha value is -5.58. The Morgan fingerprint density at radius 2 is 1.09 bits per heavy atom. The minimum atomic E-state index is -4.94. The monoisotopic (exact) mass is 973 g/mol. The number of aromatic nitrogens is 2. The number of benzene rings is 4. The van der Waals surface area contributed by atoms with Crippen molar-refractivity contribution in [1.82, 2.24) is 14.3 Å². The van der Waals surface area contributed by atoms with Crippen molar-refractivity contribution in [3.63, 3.8) is 0 Å². The highest BCUT2D eigenvalue weighted by molar-refractivity contribution is 7.85. The van der Waals surface area contributed by atoms with Gasteiger partial charge in [-0.15, -0.1) is 0 Å². The molecule has 69 heavy (non-hydrogen) atoms. The molecule has 18 nitrogen and oxygen atoms in total. The lowest BCUT2D eigenvalue weighted by Crippen LogP contribution is -2.62. The molecule has 0 aliphatic carbocycles. The molecule has 370 valence electrons. The van der Waals surface area contributed by atoms with Gasteiger partial charge in [0.2, 0.25) is 6.29 Å². The summed E-state index contributed by atoms with van der Waals surface area (Å²) in [6.45, 7) is 6.82. The van der Waals surface area contributed by atoms with Crippen molar-refractivity contribution in [1.29, 1.82) is 0 Å². The molecule has 2 N–H and O–H groups in total. The van der Waals surface area contributed by atoms with Crippen molar-refractivity contribution in [3.8, 4) is 0 Å². The van der Waals surface area contributed by atoms with Crippen molar-refractivity contribution in [3.05, 3.63) is 177 Å². The molecule has 0 saturated carbocycles. The fraction of sp³-hybridized carbons (Fsp3) is 0.420. The van der Waals surface area contributed by atoms with Crippen molar-refractivity contribution >= 4 is 16.4 Å². The predicted molar refractivity (Wildman–Crippen MR) is 250 cm³/mol. The molecule has 3 heterocycles. The third-order valence-corrected chi connectivity index (χ3v) is 11.8. The summed E-state index contributed by atoms with van der Waals surface area (Å²) < 4.78 is 92.4. The van der Waals surface area contributed by atoms with E-state index in [1.54, 1.807) is 27.7 Å². The standard InChI is InChI=1S/C50H59N3O15S/c1-33(2)64-43-40(66-47(45(43)65-34(3)4)53-26-25-41(54)51-49(53)55)32-63-69(57,58)52-50(56)68-48-46(62-30-38-23-15-8-16-24-38)44(61-29-37-21-13-7-14-22-37)42(60-28-36-19-11-6-12-20-36)39(67-48)31-59-27-35-17-9-5-10-18-35/h5-26,33-34,39-40,42-48H,27-32H2,1-4H3,(H,52,56)(H,51,54,55)/t39-,40-,42-,43-,44+,45-,46-,47-,48-/m1/s1. The summed E-state index contributed by atoms with van der Waals surface area (Å²) in [6.07, 6.45) is -10.8. The molecular formula is C50H59N3O15S. The van der Waals surface area contributed by atoms with E-state index >= 15 is 0 Å². The Labute approximate surface area is 400 Å². The molecule has 2 aliphatic heterocycles. The van der Waals surface area contributed by atoms with Gasteiger partial charge in [0.25, 0.3) is 5.56 Å². The molecule has 7 rings (SSSR count). The Kier molecular flexibility index (Phi) is 18.4. The second-order valence-electron chi connectivity index (χ2n) is 17.0. The van der Waals surface area contributed by atoms with Crippen LogP contribution in [0.5, 0.6) is 0 Å². The Morgan fingerprint density at radius 3 is 1.61 bits per heavy atom.